The Balaban J connectivity index is 2.95. The highest BCUT2D eigenvalue weighted by atomic mass is 19.1. The van der Waals surface area contributed by atoms with Gasteiger partial charge in [-0.2, -0.15) is 0 Å². The summed E-state index contributed by atoms with van der Waals surface area (Å²) >= 11 is 0. The SMILES string of the molecule is CCCC(C)C(=O)N[C@](C)(Cc1ccc(F)cc1)C(=O)NCCO. The van der Waals surface area contributed by atoms with Crippen molar-refractivity contribution in [3.05, 3.63) is 35.6 Å². The highest BCUT2D eigenvalue weighted by molar-refractivity contribution is 5.92. The minimum atomic E-state index is -1.17. The van der Waals surface area contributed by atoms with E-state index in [-0.39, 0.29) is 43.1 Å². The van der Waals surface area contributed by atoms with Gasteiger partial charge in [0.25, 0.3) is 0 Å². The fourth-order valence-electron chi connectivity index (χ4n) is 2.52. The highest BCUT2D eigenvalue weighted by Crippen LogP contribution is 2.17. The van der Waals surface area contributed by atoms with Crippen molar-refractivity contribution < 1.29 is 19.1 Å². The van der Waals surface area contributed by atoms with Crippen LogP contribution < -0.4 is 10.6 Å². The van der Waals surface area contributed by atoms with Gasteiger partial charge in [0.2, 0.25) is 11.8 Å². The summed E-state index contributed by atoms with van der Waals surface area (Å²) in [5.74, 6) is -1.13. The molecule has 0 aliphatic carbocycles. The Kier molecular flexibility index (Phi) is 7.85. The molecule has 5 nitrogen and oxygen atoms in total. The van der Waals surface area contributed by atoms with E-state index in [1.165, 1.54) is 12.1 Å². The van der Waals surface area contributed by atoms with Gasteiger partial charge in [-0.05, 0) is 31.0 Å². The number of nitrogens with one attached hydrogen (secondary N) is 2. The Hall–Kier alpha value is -1.95. The van der Waals surface area contributed by atoms with Crippen molar-refractivity contribution in [3.8, 4) is 0 Å². The van der Waals surface area contributed by atoms with Gasteiger partial charge in [-0.1, -0.05) is 32.4 Å². The summed E-state index contributed by atoms with van der Waals surface area (Å²) in [4.78, 5) is 24.9. The molecule has 0 heterocycles. The van der Waals surface area contributed by atoms with Gasteiger partial charge in [0, 0.05) is 18.9 Å². The first kappa shape index (κ1) is 20.1. The minimum absolute atomic E-state index is 0.109. The van der Waals surface area contributed by atoms with Crippen LogP contribution >= 0.6 is 0 Å². The zero-order valence-corrected chi connectivity index (χ0v) is 14.6. The average Bonchev–Trinajstić information content (AvgIpc) is 2.54. The van der Waals surface area contributed by atoms with Gasteiger partial charge in [0.1, 0.15) is 11.4 Å². The zero-order valence-electron chi connectivity index (χ0n) is 14.6. The second-order valence-corrected chi connectivity index (χ2v) is 6.29. The van der Waals surface area contributed by atoms with E-state index >= 15 is 0 Å². The number of rotatable bonds is 9. The van der Waals surface area contributed by atoms with E-state index in [0.29, 0.717) is 0 Å². The van der Waals surface area contributed by atoms with E-state index in [2.05, 4.69) is 10.6 Å². The maximum Gasteiger partial charge on any atom is 0.245 e. The molecule has 2 amide bonds. The monoisotopic (exact) mass is 338 g/mol. The van der Waals surface area contributed by atoms with Gasteiger partial charge < -0.3 is 15.7 Å². The molecule has 0 fully saturated rings. The molecule has 0 aliphatic rings. The molecular formula is C18H27FN2O3. The van der Waals surface area contributed by atoms with E-state index < -0.39 is 5.54 Å². The molecule has 6 heteroatoms. The molecule has 1 unspecified atom stereocenters. The Bertz CT molecular complexity index is 548. The van der Waals surface area contributed by atoms with Crippen LogP contribution in [0.3, 0.4) is 0 Å². The molecular weight excluding hydrogens is 311 g/mol. The van der Waals surface area contributed by atoms with Crippen molar-refractivity contribution in [3.63, 3.8) is 0 Å². The lowest BCUT2D eigenvalue weighted by molar-refractivity contribution is -0.134. The van der Waals surface area contributed by atoms with Crippen LogP contribution in [0, 0.1) is 11.7 Å². The summed E-state index contributed by atoms with van der Waals surface area (Å²) < 4.78 is 13.1. The first-order chi connectivity index (χ1) is 11.3. The van der Waals surface area contributed by atoms with Crippen molar-refractivity contribution in [1.29, 1.82) is 0 Å². The van der Waals surface area contributed by atoms with Gasteiger partial charge in [-0.15, -0.1) is 0 Å². The third kappa shape index (κ3) is 5.92. The minimum Gasteiger partial charge on any atom is -0.395 e. The normalized spacial score (nSPS) is 14.5. The number of carbonyl (C=O) groups excluding carboxylic acids is 2. The lowest BCUT2D eigenvalue weighted by Crippen LogP contribution is -2.59. The molecule has 3 N–H and O–H groups in total. The quantitative estimate of drug-likeness (QED) is 0.642. The third-order valence-corrected chi connectivity index (χ3v) is 3.94. The molecule has 0 saturated carbocycles. The summed E-state index contributed by atoms with van der Waals surface area (Å²) in [7, 11) is 0. The van der Waals surface area contributed by atoms with Gasteiger partial charge in [-0.3, -0.25) is 9.59 Å². The second kappa shape index (κ2) is 9.37. The molecule has 24 heavy (non-hydrogen) atoms. The van der Waals surface area contributed by atoms with Crippen molar-refractivity contribution in [1.82, 2.24) is 10.6 Å². The number of hydrogen-bond donors (Lipinski definition) is 3. The maximum atomic E-state index is 13.1. The molecule has 1 aromatic rings. The summed E-state index contributed by atoms with van der Waals surface area (Å²) in [6, 6.07) is 5.83. The fraction of sp³-hybridized carbons (Fsp3) is 0.556. The van der Waals surface area contributed by atoms with Crippen molar-refractivity contribution in [2.75, 3.05) is 13.2 Å². The Morgan fingerprint density at radius 1 is 1.29 bits per heavy atom. The number of aliphatic hydroxyl groups excluding tert-OH is 1. The predicted molar refractivity (Wildman–Crippen MR) is 90.8 cm³/mol. The molecule has 134 valence electrons. The van der Waals surface area contributed by atoms with Gasteiger partial charge in [-0.25, -0.2) is 4.39 Å². The molecule has 0 aromatic heterocycles. The van der Waals surface area contributed by atoms with Crippen LogP contribution in [0.25, 0.3) is 0 Å². The Labute approximate surface area is 142 Å². The van der Waals surface area contributed by atoms with E-state index in [4.69, 9.17) is 5.11 Å². The topological polar surface area (TPSA) is 78.4 Å². The van der Waals surface area contributed by atoms with Crippen LogP contribution in [0.4, 0.5) is 4.39 Å². The first-order valence-corrected chi connectivity index (χ1v) is 8.28. The number of hydrogen-bond acceptors (Lipinski definition) is 3. The van der Waals surface area contributed by atoms with Gasteiger partial charge >= 0.3 is 0 Å². The summed E-state index contributed by atoms with van der Waals surface area (Å²) in [5, 5.41) is 14.3. The molecule has 0 bridgehead atoms. The van der Waals surface area contributed by atoms with Crippen molar-refractivity contribution in [2.24, 2.45) is 5.92 Å². The molecule has 0 aliphatic heterocycles. The van der Waals surface area contributed by atoms with Crippen LogP contribution in [0.1, 0.15) is 39.2 Å². The standard InChI is InChI=1S/C18H27FN2O3/c1-4-5-13(2)16(23)21-18(3,17(24)20-10-11-22)12-14-6-8-15(19)9-7-14/h6-9,13,22H,4-5,10-12H2,1-3H3,(H,20,24)(H,21,23)/t13?,18-/m1/s1. The molecule has 0 saturated heterocycles. The van der Waals surface area contributed by atoms with E-state index in [1.807, 2.05) is 13.8 Å². The number of carbonyl (C=O) groups is 2. The molecule has 0 spiro atoms. The predicted octanol–water partition coefficient (Wildman–Crippen LogP) is 1.79. The molecule has 2 atom stereocenters. The van der Waals surface area contributed by atoms with Crippen molar-refractivity contribution in [2.45, 2.75) is 45.6 Å². The molecule has 1 aromatic carbocycles. The average molecular weight is 338 g/mol. The lowest BCUT2D eigenvalue weighted by atomic mass is 9.90. The van der Waals surface area contributed by atoms with Crippen molar-refractivity contribution >= 4 is 11.8 Å². The van der Waals surface area contributed by atoms with Crippen LogP contribution in [0.5, 0.6) is 0 Å². The largest absolute Gasteiger partial charge is 0.395 e. The second-order valence-electron chi connectivity index (χ2n) is 6.29. The van der Waals surface area contributed by atoms with Gasteiger partial charge in [0.15, 0.2) is 0 Å². The third-order valence-electron chi connectivity index (χ3n) is 3.94. The van der Waals surface area contributed by atoms with Gasteiger partial charge in [0.05, 0.1) is 6.61 Å². The maximum absolute atomic E-state index is 13.1. The first-order valence-electron chi connectivity index (χ1n) is 8.28. The zero-order chi connectivity index (χ0) is 18.2. The Morgan fingerprint density at radius 2 is 1.92 bits per heavy atom. The lowest BCUT2D eigenvalue weighted by Gasteiger charge is -2.31. The van der Waals surface area contributed by atoms with E-state index in [1.54, 1.807) is 19.1 Å². The summed E-state index contributed by atoms with van der Waals surface area (Å²) in [5.41, 5.74) is -0.437. The molecule has 0 radical (unpaired) electrons. The van der Waals surface area contributed by atoms with Crippen LogP contribution in [-0.4, -0.2) is 35.6 Å². The number of benzene rings is 1. The number of halogens is 1. The van der Waals surface area contributed by atoms with E-state index in [0.717, 1.165) is 18.4 Å². The molecule has 1 rings (SSSR count). The van der Waals surface area contributed by atoms with Crippen LogP contribution in [-0.2, 0) is 16.0 Å². The summed E-state index contributed by atoms with van der Waals surface area (Å²) in [6.45, 7) is 5.38. The fourth-order valence-corrected chi connectivity index (χ4v) is 2.52. The smallest absolute Gasteiger partial charge is 0.245 e. The van der Waals surface area contributed by atoms with Crippen LogP contribution in [0.15, 0.2) is 24.3 Å². The Morgan fingerprint density at radius 3 is 2.46 bits per heavy atom. The number of amides is 2. The summed E-state index contributed by atoms with van der Waals surface area (Å²) in [6.07, 6.45) is 1.84. The van der Waals surface area contributed by atoms with Crippen LogP contribution in [0.2, 0.25) is 0 Å². The number of aliphatic hydroxyl groups is 1. The highest BCUT2D eigenvalue weighted by Gasteiger charge is 2.35. The van der Waals surface area contributed by atoms with E-state index in [9.17, 15) is 14.0 Å².